The van der Waals surface area contributed by atoms with Crippen molar-refractivity contribution in [2.45, 2.75) is 51.3 Å². The lowest BCUT2D eigenvalue weighted by atomic mass is 9.93. The van der Waals surface area contributed by atoms with Crippen LogP contribution < -0.4 is 5.73 Å². The molecule has 1 saturated heterocycles. The van der Waals surface area contributed by atoms with Crippen LogP contribution in [0.3, 0.4) is 0 Å². The third kappa shape index (κ3) is 1.73. The Morgan fingerprint density at radius 2 is 2.08 bits per heavy atom. The van der Waals surface area contributed by atoms with Crippen LogP contribution in [-0.2, 0) is 0 Å². The van der Waals surface area contributed by atoms with E-state index >= 15 is 0 Å². The summed E-state index contributed by atoms with van der Waals surface area (Å²) in [5.41, 5.74) is 5.58. The Labute approximate surface area is 80.9 Å². The lowest BCUT2D eigenvalue weighted by Crippen LogP contribution is -2.58. The second-order valence-electron chi connectivity index (χ2n) is 5.13. The monoisotopic (exact) mass is 186 g/mol. The van der Waals surface area contributed by atoms with E-state index in [4.69, 9.17) is 5.73 Å². The minimum Gasteiger partial charge on any atom is -0.391 e. The highest BCUT2D eigenvalue weighted by molar-refractivity contribution is 5.02. The molecule has 0 aromatic rings. The molecule has 1 aliphatic rings. The number of hydrogen-bond donors (Lipinski definition) is 2. The van der Waals surface area contributed by atoms with Crippen LogP contribution in [0, 0.1) is 0 Å². The summed E-state index contributed by atoms with van der Waals surface area (Å²) in [4.78, 5) is 2.31. The van der Waals surface area contributed by atoms with Gasteiger partial charge in [0.15, 0.2) is 0 Å². The third-order valence-corrected chi connectivity index (χ3v) is 3.37. The van der Waals surface area contributed by atoms with E-state index in [0.29, 0.717) is 6.54 Å². The average molecular weight is 186 g/mol. The van der Waals surface area contributed by atoms with E-state index in [1.165, 1.54) is 0 Å². The fraction of sp³-hybridized carbons (Fsp3) is 1.00. The Kier molecular flexibility index (Phi) is 2.72. The van der Waals surface area contributed by atoms with E-state index < -0.39 is 0 Å². The third-order valence-electron chi connectivity index (χ3n) is 3.37. The minimum absolute atomic E-state index is 0.0129. The molecule has 1 fully saturated rings. The highest BCUT2D eigenvalue weighted by Crippen LogP contribution is 2.34. The van der Waals surface area contributed by atoms with E-state index in [9.17, 15) is 5.11 Å². The summed E-state index contributed by atoms with van der Waals surface area (Å²) >= 11 is 0. The van der Waals surface area contributed by atoms with Crippen molar-refractivity contribution in [3.05, 3.63) is 0 Å². The van der Waals surface area contributed by atoms with Crippen LogP contribution in [0.5, 0.6) is 0 Å². The largest absolute Gasteiger partial charge is 0.391 e. The first-order valence-electron chi connectivity index (χ1n) is 4.98. The Morgan fingerprint density at radius 1 is 1.54 bits per heavy atom. The minimum atomic E-state index is -0.224. The first-order valence-corrected chi connectivity index (χ1v) is 4.98. The van der Waals surface area contributed by atoms with Crippen LogP contribution in [0.1, 0.15) is 34.1 Å². The summed E-state index contributed by atoms with van der Waals surface area (Å²) < 4.78 is 0. The van der Waals surface area contributed by atoms with Crippen LogP contribution in [0.15, 0.2) is 0 Å². The zero-order chi connectivity index (χ0) is 10.3. The van der Waals surface area contributed by atoms with Crippen molar-refractivity contribution in [1.29, 1.82) is 0 Å². The van der Waals surface area contributed by atoms with Gasteiger partial charge >= 0.3 is 0 Å². The zero-order valence-corrected chi connectivity index (χ0v) is 9.17. The fourth-order valence-electron chi connectivity index (χ4n) is 2.27. The first-order chi connectivity index (χ1) is 5.82. The predicted octanol–water partition coefficient (Wildman–Crippen LogP) is 0.569. The van der Waals surface area contributed by atoms with Gasteiger partial charge in [0.2, 0.25) is 0 Å². The SMILES string of the molecule is CC(C)(CN)N1CCC(O)C1(C)C. The van der Waals surface area contributed by atoms with E-state index in [1.54, 1.807) is 0 Å². The summed E-state index contributed by atoms with van der Waals surface area (Å²) in [6, 6.07) is 0. The van der Waals surface area contributed by atoms with Gasteiger partial charge in [-0.25, -0.2) is 0 Å². The highest BCUT2D eigenvalue weighted by Gasteiger charge is 2.45. The van der Waals surface area contributed by atoms with Crippen molar-refractivity contribution in [3.63, 3.8) is 0 Å². The van der Waals surface area contributed by atoms with Gasteiger partial charge in [-0.15, -0.1) is 0 Å². The molecule has 3 nitrogen and oxygen atoms in total. The number of rotatable bonds is 2. The van der Waals surface area contributed by atoms with Gasteiger partial charge in [0.1, 0.15) is 0 Å². The first kappa shape index (κ1) is 11.0. The molecule has 3 heteroatoms. The molecule has 1 aliphatic heterocycles. The van der Waals surface area contributed by atoms with Gasteiger partial charge < -0.3 is 10.8 Å². The van der Waals surface area contributed by atoms with Crippen molar-refractivity contribution < 1.29 is 5.11 Å². The average Bonchev–Trinajstić information content (AvgIpc) is 2.28. The van der Waals surface area contributed by atoms with Gasteiger partial charge in [-0.1, -0.05) is 0 Å². The number of hydrogen-bond acceptors (Lipinski definition) is 3. The quantitative estimate of drug-likeness (QED) is 0.663. The summed E-state index contributed by atoms with van der Waals surface area (Å²) in [6.07, 6.45) is 0.634. The molecule has 0 amide bonds. The van der Waals surface area contributed by atoms with E-state index in [0.717, 1.165) is 13.0 Å². The molecule has 0 aromatic heterocycles. The molecule has 0 aromatic carbocycles. The van der Waals surface area contributed by atoms with E-state index in [2.05, 4.69) is 32.6 Å². The molecule has 0 radical (unpaired) electrons. The maximum absolute atomic E-state index is 9.80. The van der Waals surface area contributed by atoms with Crippen molar-refractivity contribution in [2.75, 3.05) is 13.1 Å². The summed E-state index contributed by atoms with van der Waals surface area (Å²) in [5, 5.41) is 9.80. The molecule has 0 aliphatic carbocycles. The Hall–Kier alpha value is -0.120. The number of nitrogens with zero attached hydrogens (tertiary/aromatic N) is 1. The fourth-order valence-corrected chi connectivity index (χ4v) is 2.27. The lowest BCUT2D eigenvalue weighted by molar-refractivity contribution is 0.00172. The molecular weight excluding hydrogens is 164 g/mol. The molecule has 0 spiro atoms. The maximum Gasteiger partial charge on any atom is 0.0730 e. The molecule has 1 heterocycles. The van der Waals surface area contributed by atoms with Crippen LogP contribution in [0.2, 0.25) is 0 Å². The summed E-state index contributed by atoms with van der Waals surface area (Å²) in [5.74, 6) is 0. The molecular formula is C10H22N2O. The topological polar surface area (TPSA) is 49.5 Å². The summed E-state index contributed by atoms with van der Waals surface area (Å²) in [6.45, 7) is 10.0. The van der Waals surface area contributed by atoms with Crippen LogP contribution in [-0.4, -0.2) is 40.3 Å². The van der Waals surface area contributed by atoms with E-state index in [1.807, 2.05) is 0 Å². The van der Waals surface area contributed by atoms with Crippen molar-refractivity contribution in [2.24, 2.45) is 5.73 Å². The van der Waals surface area contributed by atoms with Crippen molar-refractivity contribution in [3.8, 4) is 0 Å². The van der Waals surface area contributed by atoms with Gasteiger partial charge in [-0.05, 0) is 34.1 Å². The van der Waals surface area contributed by atoms with Crippen molar-refractivity contribution >= 4 is 0 Å². The smallest absolute Gasteiger partial charge is 0.0730 e. The molecule has 3 N–H and O–H groups in total. The summed E-state index contributed by atoms with van der Waals surface area (Å²) in [7, 11) is 0. The van der Waals surface area contributed by atoms with Gasteiger partial charge in [0.25, 0.3) is 0 Å². The number of aliphatic hydroxyl groups excluding tert-OH is 1. The molecule has 13 heavy (non-hydrogen) atoms. The van der Waals surface area contributed by atoms with Gasteiger partial charge in [-0.3, -0.25) is 4.90 Å². The molecule has 0 bridgehead atoms. The molecule has 1 atom stereocenters. The standard InChI is InChI=1S/C10H22N2O/c1-9(2,7-11)12-6-5-8(13)10(12,3)4/h8,13H,5-7,11H2,1-4H3. The zero-order valence-electron chi connectivity index (χ0n) is 9.17. The maximum atomic E-state index is 9.80. The number of aliphatic hydroxyl groups is 1. The molecule has 1 unspecified atom stereocenters. The Morgan fingerprint density at radius 3 is 2.38 bits per heavy atom. The Bertz CT molecular complexity index is 189. The molecule has 78 valence electrons. The van der Waals surface area contributed by atoms with Crippen LogP contribution in [0.4, 0.5) is 0 Å². The van der Waals surface area contributed by atoms with Crippen LogP contribution >= 0.6 is 0 Å². The van der Waals surface area contributed by atoms with Crippen LogP contribution in [0.25, 0.3) is 0 Å². The van der Waals surface area contributed by atoms with Gasteiger partial charge in [0, 0.05) is 24.2 Å². The molecule has 0 saturated carbocycles. The number of likely N-dealkylation sites (tertiary alicyclic amines) is 1. The second-order valence-corrected chi connectivity index (χ2v) is 5.13. The van der Waals surface area contributed by atoms with Crippen molar-refractivity contribution in [1.82, 2.24) is 4.90 Å². The van der Waals surface area contributed by atoms with Gasteiger partial charge in [-0.2, -0.15) is 0 Å². The normalized spacial score (nSPS) is 29.5. The second kappa shape index (κ2) is 3.23. The van der Waals surface area contributed by atoms with Gasteiger partial charge in [0.05, 0.1) is 6.10 Å². The number of nitrogens with two attached hydrogens (primary N) is 1. The lowest BCUT2D eigenvalue weighted by Gasteiger charge is -2.44. The highest BCUT2D eigenvalue weighted by atomic mass is 16.3. The van der Waals surface area contributed by atoms with E-state index in [-0.39, 0.29) is 17.2 Å². The predicted molar refractivity (Wildman–Crippen MR) is 54.5 cm³/mol. The molecule has 1 rings (SSSR count). The Balaban J connectivity index is 2.83.